The molecule has 0 heterocycles. The zero-order chi connectivity index (χ0) is 23.8. The molecule has 3 rings (SSSR count). The fourth-order valence-electron chi connectivity index (χ4n) is 3.81. The molecule has 1 unspecified atom stereocenters. The van der Waals surface area contributed by atoms with Crippen molar-refractivity contribution < 1.29 is 29.0 Å². The third-order valence-electron chi connectivity index (χ3n) is 5.38. The molecule has 0 radical (unpaired) electrons. The first-order chi connectivity index (χ1) is 16.0. The number of benzene rings is 2. The van der Waals surface area contributed by atoms with E-state index in [2.05, 4.69) is 22.5 Å². The van der Waals surface area contributed by atoms with Crippen LogP contribution < -0.4 is 10.6 Å². The molecule has 0 saturated carbocycles. The summed E-state index contributed by atoms with van der Waals surface area (Å²) in [5.41, 5.74) is 4.36. The Kier molecular flexibility index (Phi) is 8.06. The summed E-state index contributed by atoms with van der Waals surface area (Å²) in [6.07, 6.45) is -0.778. The fraction of sp³-hybridized carbons (Fsp3) is 0.320. The molecule has 1 aliphatic carbocycles. The smallest absolute Gasteiger partial charge is 0.407 e. The molecule has 2 atom stereocenters. The van der Waals surface area contributed by atoms with Gasteiger partial charge in [0.25, 0.3) is 0 Å². The molecule has 2 amide bonds. The summed E-state index contributed by atoms with van der Waals surface area (Å²) in [6, 6.07) is 13.6. The van der Waals surface area contributed by atoms with E-state index in [0.717, 1.165) is 22.3 Å². The molecular weight excluding hydrogens is 424 g/mol. The number of hydrogen-bond acceptors (Lipinski definition) is 5. The second-order valence-corrected chi connectivity index (χ2v) is 7.51. The van der Waals surface area contributed by atoms with Crippen LogP contribution in [0.15, 0.2) is 48.5 Å². The van der Waals surface area contributed by atoms with Gasteiger partial charge in [-0.2, -0.15) is 0 Å². The number of alkyl carbamates (subject to hydrolysis) is 1. The summed E-state index contributed by atoms with van der Waals surface area (Å²) in [4.78, 5) is 36.4. The minimum Gasteiger partial charge on any atom is -0.480 e. The van der Waals surface area contributed by atoms with Gasteiger partial charge in [-0.25, -0.2) is 9.59 Å². The standard InChI is InChI=1S/C25H26N2O6/c1-3-4-13-21(23(28)26-22(15-32-2)24(29)30)27-25(31)33-14-20-18-11-7-5-9-16(18)17-10-6-8-12-19(17)20/h5-12,20-22H,13-15H2,1-2H3,(H,26,28)(H,27,31)(H,29,30)/t21?,22-/m0/s1. The molecule has 8 heteroatoms. The van der Waals surface area contributed by atoms with Crippen LogP contribution in [-0.2, 0) is 19.1 Å². The summed E-state index contributed by atoms with van der Waals surface area (Å²) in [5.74, 6) is 3.35. The number of rotatable bonds is 9. The molecule has 0 aromatic heterocycles. The van der Waals surface area contributed by atoms with Crippen molar-refractivity contribution >= 4 is 18.0 Å². The Morgan fingerprint density at radius 3 is 2.15 bits per heavy atom. The number of ether oxygens (including phenoxy) is 2. The van der Waals surface area contributed by atoms with Gasteiger partial charge in [-0.1, -0.05) is 48.5 Å². The number of carbonyl (C=O) groups excluding carboxylic acids is 2. The molecule has 1 aliphatic rings. The second-order valence-electron chi connectivity index (χ2n) is 7.51. The van der Waals surface area contributed by atoms with Gasteiger partial charge in [0.1, 0.15) is 12.6 Å². The zero-order valence-electron chi connectivity index (χ0n) is 18.5. The molecule has 0 spiro atoms. The third-order valence-corrected chi connectivity index (χ3v) is 5.38. The van der Waals surface area contributed by atoms with Crippen molar-refractivity contribution in [2.24, 2.45) is 0 Å². The maximum absolute atomic E-state index is 12.6. The number of amides is 2. The van der Waals surface area contributed by atoms with E-state index in [1.807, 2.05) is 48.5 Å². The normalized spacial score (nSPS) is 13.5. The van der Waals surface area contributed by atoms with Gasteiger partial charge in [-0.15, -0.1) is 11.8 Å². The number of aliphatic carboxylic acids is 1. The Balaban J connectivity index is 1.66. The van der Waals surface area contributed by atoms with Crippen LogP contribution in [0.4, 0.5) is 4.79 Å². The molecule has 33 heavy (non-hydrogen) atoms. The fourth-order valence-corrected chi connectivity index (χ4v) is 3.81. The highest BCUT2D eigenvalue weighted by molar-refractivity contribution is 5.89. The van der Waals surface area contributed by atoms with E-state index in [1.54, 1.807) is 6.92 Å². The molecule has 0 bridgehead atoms. The van der Waals surface area contributed by atoms with Crippen molar-refractivity contribution in [3.8, 4) is 23.0 Å². The molecule has 2 aromatic rings. The summed E-state index contributed by atoms with van der Waals surface area (Å²) < 4.78 is 10.3. The monoisotopic (exact) mass is 450 g/mol. The predicted octanol–water partition coefficient (Wildman–Crippen LogP) is 2.52. The average molecular weight is 450 g/mol. The maximum Gasteiger partial charge on any atom is 0.407 e. The van der Waals surface area contributed by atoms with Crippen LogP contribution in [0.1, 0.15) is 30.4 Å². The van der Waals surface area contributed by atoms with Crippen molar-refractivity contribution in [1.82, 2.24) is 10.6 Å². The van der Waals surface area contributed by atoms with Crippen molar-refractivity contribution in [2.75, 3.05) is 20.3 Å². The highest BCUT2D eigenvalue weighted by Crippen LogP contribution is 2.44. The Bertz CT molecular complexity index is 1040. The Labute approximate surface area is 192 Å². The van der Waals surface area contributed by atoms with Crippen molar-refractivity contribution in [2.45, 2.75) is 31.3 Å². The Hall–Kier alpha value is -3.83. The molecule has 172 valence electrons. The number of hydrogen-bond donors (Lipinski definition) is 3. The van der Waals surface area contributed by atoms with Crippen LogP contribution in [0.2, 0.25) is 0 Å². The number of carbonyl (C=O) groups is 3. The zero-order valence-corrected chi connectivity index (χ0v) is 18.5. The molecule has 8 nitrogen and oxygen atoms in total. The van der Waals surface area contributed by atoms with E-state index in [4.69, 9.17) is 9.47 Å². The lowest BCUT2D eigenvalue weighted by molar-refractivity contribution is -0.143. The van der Waals surface area contributed by atoms with Gasteiger partial charge in [0.05, 0.1) is 6.61 Å². The van der Waals surface area contributed by atoms with Gasteiger partial charge in [0.15, 0.2) is 6.04 Å². The molecular formula is C25H26N2O6. The lowest BCUT2D eigenvalue weighted by Crippen LogP contribution is -2.52. The maximum atomic E-state index is 12.6. The Morgan fingerprint density at radius 2 is 1.61 bits per heavy atom. The van der Waals surface area contributed by atoms with Gasteiger partial charge in [-0.05, 0) is 29.2 Å². The van der Waals surface area contributed by atoms with Gasteiger partial charge in [0, 0.05) is 19.4 Å². The minimum atomic E-state index is -1.25. The van der Waals surface area contributed by atoms with E-state index < -0.39 is 30.1 Å². The third kappa shape index (κ3) is 5.70. The number of fused-ring (bicyclic) bond motifs is 3. The number of carboxylic acid groups (broad SMARTS) is 1. The topological polar surface area (TPSA) is 114 Å². The van der Waals surface area contributed by atoms with Gasteiger partial charge in [0.2, 0.25) is 5.91 Å². The van der Waals surface area contributed by atoms with Crippen molar-refractivity contribution in [3.05, 3.63) is 59.7 Å². The molecule has 2 aromatic carbocycles. The van der Waals surface area contributed by atoms with Crippen LogP contribution in [-0.4, -0.2) is 55.5 Å². The summed E-state index contributed by atoms with van der Waals surface area (Å²) >= 11 is 0. The van der Waals surface area contributed by atoms with Crippen LogP contribution in [0, 0.1) is 11.8 Å². The molecule has 0 aliphatic heterocycles. The quantitative estimate of drug-likeness (QED) is 0.506. The van der Waals surface area contributed by atoms with E-state index in [0.29, 0.717) is 0 Å². The molecule has 3 N–H and O–H groups in total. The van der Waals surface area contributed by atoms with Crippen molar-refractivity contribution in [3.63, 3.8) is 0 Å². The second kappa shape index (κ2) is 11.2. The van der Waals surface area contributed by atoms with Gasteiger partial charge < -0.3 is 25.2 Å². The number of nitrogens with one attached hydrogen (secondary N) is 2. The van der Waals surface area contributed by atoms with Gasteiger partial charge in [-0.3, -0.25) is 4.79 Å². The SMILES string of the molecule is CC#CCC(NC(=O)OCC1c2ccccc2-c2ccccc21)C(=O)N[C@@H](COC)C(=O)O. The van der Waals surface area contributed by atoms with E-state index in [9.17, 15) is 19.5 Å². The van der Waals surface area contributed by atoms with E-state index >= 15 is 0 Å². The largest absolute Gasteiger partial charge is 0.480 e. The average Bonchev–Trinajstić information content (AvgIpc) is 3.13. The van der Waals surface area contributed by atoms with Crippen LogP contribution >= 0.6 is 0 Å². The predicted molar refractivity (Wildman–Crippen MR) is 122 cm³/mol. The number of methoxy groups -OCH3 is 1. The summed E-state index contributed by atoms with van der Waals surface area (Å²) in [5, 5.41) is 14.1. The van der Waals surface area contributed by atoms with E-state index in [1.165, 1.54) is 7.11 Å². The minimum absolute atomic E-state index is 0.00580. The molecule has 0 saturated heterocycles. The highest BCUT2D eigenvalue weighted by Gasteiger charge is 2.30. The number of carboxylic acids is 1. The first-order valence-corrected chi connectivity index (χ1v) is 10.5. The lowest BCUT2D eigenvalue weighted by Gasteiger charge is -2.20. The highest BCUT2D eigenvalue weighted by atomic mass is 16.5. The lowest BCUT2D eigenvalue weighted by atomic mass is 9.98. The molecule has 0 fully saturated rings. The van der Waals surface area contributed by atoms with Crippen LogP contribution in [0.5, 0.6) is 0 Å². The van der Waals surface area contributed by atoms with E-state index in [-0.39, 0.29) is 25.6 Å². The Morgan fingerprint density at radius 1 is 1.00 bits per heavy atom. The summed E-state index contributed by atoms with van der Waals surface area (Å²) in [6.45, 7) is 1.49. The van der Waals surface area contributed by atoms with Crippen LogP contribution in [0.25, 0.3) is 11.1 Å². The first-order valence-electron chi connectivity index (χ1n) is 10.5. The summed E-state index contributed by atoms with van der Waals surface area (Å²) in [7, 11) is 1.33. The van der Waals surface area contributed by atoms with Gasteiger partial charge >= 0.3 is 12.1 Å². The van der Waals surface area contributed by atoms with Crippen molar-refractivity contribution in [1.29, 1.82) is 0 Å². The first kappa shape index (κ1) is 23.8. The van der Waals surface area contributed by atoms with Crippen LogP contribution in [0.3, 0.4) is 0 Å².